The van der Waals surface area contributed by atoms with Gasteiger partial charge < -0.3 is 9.80 Å². The molecular formula is C31H35N3O4S. The van der Waals surface area contributed by atoms with Gasteiger partial charge in [-0.05, 0) is 106 Å². The molecule has 5 rings (SSSR count). The molecule has 3 aromatic carbocycles. The monoisotopic (exact) mass is 545 g/mol. The molecule has 2 aliphatic rings. The van der Waals surface area contributed by atoms with Gasteiger partial charge in [-0.25, -0.2) is 8.42 Å². The van der Waals surface area contributed by atoms with Gasteiger partial charge in [0.25, 0.3) is 5.91 Å². The molecule has 1 saturated heterocycles. The van der Waals surface area contributed by atoms with Crippen molar-refractivity contribution in [2.75, 3.05) is 35.7 Å². The average molecular weight is 546 g/mol. The second-order valence-corrected chi connectivity index (χ2v) is 12.7. The van der Waals surface area contributed by atoms with Crippen LogP contribution in [0.3, 0.4) is 0 Å². The minimum Gasteiger partial charge on any atom is -0.306 e. The fraction of sp³-hybridized carbons (Fsp3) is 0.355. The smallest absolute Gasteiger partial charge is 0.258 e. The van der Waals surface area contributed by atoms with Crippen molar-refractivity contribution < 1.29 is 18.0 Å². The minimum atomic E-state index is -3.35. The first-order valence-electron chi connectivity index (χ1n) is 13.5. The number of piperidine rings is 1. The van der Waals surface area contributed by atoms with Gasteiger partial charge in [0, 0.05) is 35.6 Å². The van der Waals surface area contributed by atoms with Gasteiger partial charge in [-0.2, -0.15) is 0 Å². The summed E-state index contributed by atoms with van der Waals surface area (Å²) in [4.78, 5) is 32.7. The second kappa shape index (κ2) is 11.3. The van der Waals surface area contributed by atoms with Crippen molar-refractivity contribution in [1.82, 2.24) is 4.90 Å². The lowest BCUT2D eigenvalue weighted by Crippen LogP contribution is -2.46. The van der Waals surface area contributed by atoms with E-state index < -0.39 is 9.84 Å². The van der Waals surface area contributed by atoms with Crippen molar-refractivity contribution >= 4 is 38.7 Å². The van der Waals surface area contributed by atoms with Crippen molar-refractivity contribution in [3.8, 4) is 0 Å². The second-order valence-electron chi connectivity index (χ2n) is 10.7. The molecular weight excluding hydrogens is 510 g/mol. The minimum absolute atomic E-state index is 0.0776. The van der Waals surface area contributed by atoms with Gasteiger partial charge in [-0.1, -0.05) is 24.3 Å². The Hall–Kier alpha value is -3.49. The van der Waals surface area contributed by atoms with Crippen molar-refractivity contribution in [1.29, 1.82) is 0 Å². The summed E-state index contributed by atoms with van der Waals surface area (Å²) in [6.45, 7) is 3.30. The number of rotatable bonds is 8. The SMILES string of the molecule is CC(=O)N(c1ccc(S(=O)(=O)CC2CC2)cc1)c1cccc(C(=O)N(c2ccccc2)C2CCN(C)CC2)c1. The largest absolute Gasteiger partial charge is 0.306 e. The molecule has 0 atom stereocenters. The zero-order valence-corrected chi connectivity index (χ0v) is 23.3. The summed E-state index contributed by atoms with van der Waals surface area (Å²) in [5, 5.41) is 0. The number of benzene rings is 3. The Bertz CT molecular complexity index is 1430. The van der Waals surface area contributed by atoms with E-state index >= 15 is 0 Å². The van der Waals surface area contributed by atoms with Gasteiger partial charge in [0.05, 0.1) is 10.6 Å². The first-order valence-corrected chi connectivity index (χ1v) is 15.2. The number of carbonyl (C=O) groups excluding carboxylic acids is 2. The van der Waals surface area contributed by atoms with E-state index in [4.69, 9.17) is 0 Å². The van der Waals surface area contributed by atoms with Gasteiger partial charge in [0.1, 0.15) is 0 Å². The quantitative estimate of drug-likeness (QED) is 0.384. The van der Waals surface area contributed by atoms with Crippen LogP contribution in [0.15, 0.2) is 83.8 Å². The molecule has 0 spiro atoms. The number of hydrogen-bond donors (Lipinski definition) is 0. The summed E-state index contributed by atoms with van der Waals surface area (Å²) in [7, 11) is -1.25. The molecule has 8 heteroatoms. The maximum Gasteiger partial charge on any atom is 0.258 e. The number of likely N-dealkylation sites (tertiary alicyclic amines) is 1. The van der Waals surface area contributed by atoms with Crippen LogP contribution < -0.4 is 9.80 Å². The molecule has 2 amide bonds. The summed E-state index contributed by atoms with van der Waals surface area (Å²) in [5.41, 5.74) is 2.45. The van der Waals surface area contributed by atoms with Crippen LogP contribution in [0.5, 0.6) is 0 Å². The molecule has 0 bridgehead atoms. The van der Waals surface area contributed by atoms with Crippen molar-refractivity contribution in [2.45, 2.75) is 43.5 Å². The molecule has 1 aliphatic carbocycles. The van der Waals surface area contributed by atoms with Crippen LogP contribution in [0.1, 0.15) is 43.0 Å². The molecule has 1 saturated carbocycles. The molecule has 0 unspecified atom stereocenters. The lowest BCUT2D eigenvalue weighted by molar-refractivity contribution is -0.115. The summed E-state index contributed by atoms with van der Waals surface area (Å²) in [5.74, 6) is 0.0851. The maximum absolute atomic E-state index is 14.0. The topological polar surface area (TPSA) is 78.0 Å². The average Bonchev–Trinajstić information content (AvgIpc) is 3.74. The molecule has 0 radical (unpaired) electrons. The van der Waals surface area contributed by atoms with E-state index in [1.54, 1.807) is 48.5 Å². The molecule has 204 valence electrons. The Kier molecular flexibility index (Phi) is 7.86. The zero-order chi connectivity index (χ0) is 27.6. The fourth-order valence-corrected chi connectivity index (χ4v) is 6.96. The Labute approximate surface area is 231 Å². The van der Waals surface area contributed by atoms with E-state index in [1.165, 1.54) is 11.8 Å². The normalized spacial score (nSPS) is 16.6. The van der Waals surface area contributed by atoms with Crippen LogP contribution in [-0.2, 0) is 14.6 Å². The van der Waals surface area contributed by atoms with Crippen molar-refractivity contribution in [2.24, 2.45) is 5.92 Å². The number of anilines is 3. The third-order valence-corrected chi connectivity index (χ3v) is 9.48. The molecule has 1 heterocycles. The van der Waals surface area contributed by atoms with Gasteiger partial charge in [0.2, 0.25) is 5.91 Å². The lowest BCUT2D eigenvalue weighted by Gasteiger charge is -2.37. The highest BCUT2D eigenvalue weighted by atomic mass is 32.2. The van der Waals surface area contributed by atoms with Gasteiger partial charge >= 0.3 is 0 Å². The molecule has 1 aliphatic heterocycles. The van der Waals surface area contributed by atoms with Crippen LogP contribution in [0.4, 0.5) is 17.1 Å². The summed E-state index contributed by atoms with van der Waals surface area (Å²) < 4.78 is 25.4. The fourth-order valence-electron chi connectivity index (χ4n) is 5.26. The van der Waals surface area contributed by atoms with Gasteiger partial charge in [-0.3, -0.25) is 14.5 Å². The Morgan fingerprint density at radius 1 is 0.821 bits per heavy atom. The number of hydrogen-bond acceptors (Lipinski definition) is 5. The molecule has 39 heavy (non-hydrogen) atoms. The first-order chi connectivity index (χ1) is 18.7. The Morgan fingerprint density at radius 3 is 2.08 bits per heavy atom. The first kappa shape index (κ1) is 27.1. The predicted molar refractivity (Wildman–Crippen MR) is 154 cm³/mol. The van der Waals surface area contributed by atoms with Gasteiger partial charge in [0.15, 0.2) is 9.84 Å². The standard InChI is InChI=1S/C31H35N3O4S/c1-23(35)33(27-13-15-30(16-14-27)39(37,38)22-24-11-12-24)29-10-6-7-25(21-29)31(36)34(26-8-4-3-5-9-26)28-17-19-32(2)20-18-28/h3-10,13-16,21,24,28H,11-12,17-20,22H2,1-2H3. The van der Waals surface area contributed by atoms with Crippen LogP contribution in [-0.4, -0.2) is 57.1 Å². The number of carbonyl (C=O) groups is 2. The van der Waals surface area contributed by atoms with Crippen molar-refractivity contribution in [3.63, 3.8) is 0 Å². The van der Waals surface area contributed by atoms with Crippen molar-refractivity contribution in [3.05, 3.63) is 84.4 Å². The summed E-state index contributed by atoms with van der Waals surface area (Å²) >= 11 is 0. The Balaban J connectivity index is 1.44. The maximum atomic E-state index is 14.0. The number of para-hydroxylation sites is 1. The molecule has 7 nitrogen and oxygen atoms in total. The molecule has 0 aromatic heterocycles. The zero-order valence-electron chi connectivity index (χ0n) is 22.5. The highest BCUT2D eigenvalue weighted by molar-refractivity contribution is 7.91. The van der Waals surface area contributed by atoms with E-state index in [9.17, 15) is 18.0 Å². The molecule has 3 aromatic rings. The highest BCUT2D eigenvalue weighted by Crippen LogP contribution is 2.34. The van der Waals surface area contributed by atoms with Crippen LogP contribution in [0, 0.1) is 5.92 Å². The van der Waals surface area contributed by atoms with Gasteiger partial charge in [-0.15, -0.1) is 0 Å². The Morgan fingerprint density at radius 2 is 1.46 bits per heavy atom. The molecule has 2 fully saturated rings. The third kappa shape index (κ3) is 6.23. The molecule has 0 N–H and O–H groups in total. The third-order valence-electron chi connectivity index (χ3n) is 7.58. The summed E-state index contributed by atoms with van der Waals surface area (Å²) in [6, 6.07) is 23.3. The van der Waals surface area contributed by atoms with Crippen LogP contribution >= 0.6 is 0 Å². The highest BCUT2D eigenvalue weighted by Gasteiger charge is 2.31. The number of sulfone groups is 1. The number of amides is 2. The van der Waals surface area contributed by atoms with Crippen LogP contribution in [0.25, 0.3) is 0 Å². The number of nitrogens with zero attached hydrogens (tertiary/aromatic N) is 3. The van der Waals surface area contributed by atoms with E-state index in [2.05, 4.69) is 11.9 Å². The van der Waals surface area contributed by atoms with E-state index in [0.29, 0.717) is 16.9 Å². The van der Waals surface area contributed by atoms with Crippen LogP contribution in [0.2, 0.25) is 0 Å². The predicted octanol–water partition coefficient (Wildman–Crippen LogP) is 5.30. The van der Waals surface area contributed by atoms with E-state index in [0.717, 1.165) is 44.5 Å². The van der Waals surface area contributed by atoms with E-state index in [-0.39, 0.29) is 34.4 Å². The summed E-state index contributed by atoms with van der Waals surface area (Å²) in [6.07, 6.45) is 3.69. The lowest BCUT2D eigenvalue weighted by atomic mass is 10.0. The van der Waals surface area contributed by atoms with E-state index in [1.807, 2.05) is 35.2 Å².